The van der Waals surface area contributed by atoms with Crippen LogP contribution in [0.15, 0.2) is 36.4 Å². The number of hydrogen-bond donors (Lipinski definition) is 1. The summed E-state index contributed by atoms with van der Waals surface area (Å²) >= 11 is 0. The largest absolute Gasteiger partial charge is 0.494 e. The number of amides is 3. The lowest BCUT2D eigenvalue weighted by molar-refractivity contribution is -0.140. The van der Waals surface area contributed by atoms with Crippen molar-refractivity contribution in [3.63, 3.8) is 0 Å². The Morgan fingerprint density at radius 2 is 1.74 bits per heavy atom. The van der Waals surface area contributed by atoms with E-state index < -0.39 is 0 Å². The average molecular weight is 370 g/mol. The van der Waals surface area contributed by atoms with Crippen LogP contribution in [0.4, 0.5) is 0 Å². The molecule has 0 radical (unpaired) electrons. The second-order valence-electron chi connectivity index (χ2n) is 7.03. The Morgan fingerprint density at radius 1 is 1.15 bits per heavy atom. The van der Waals surface area contributed by atoms with Crippen LogP contribution >= 0.6 is 0 Å². The molecule has 3 atom stereocenters. The Bertz CT molecular complexity index is 715. The summed E-state index contributed by atoms with van der Waals surface area (Å²) in [5, 5.41) is 2.92. The molecule has 1 fully saturated rings. The predicted octanol–water partition coefficient (Wildman–Crippen LogP) is 2.60. The van der Waals surface area contributed by atoms with Gasteiger partial charge in [-0.05, 0) is 44.4 Å². The van der Waals surface area contributed by atoms with Gasteiger partial charge in [0.05, 0.1) is 24.5 Å². The number of benzene rings is 1. The minimum Gasteiger partial charge on any atom is -0.494 e. The van der Waals surface area contributed by atoms with Crippen molar-refractivity contribution in [1.29, 1.82) is 0 Å². The first kappa shape index (κ1) is 19.1. The van der Waals surface area contributed by atoms with Gasteiger partial charge in [-0.1, -0.05) is 24.3 Å². The molecule has 27 heavy (non-hydrogen) atoms. The Morgan fingerprint density at radius 3 is 2.30 bits per heavy atom. The molecule has 6 nitrogen and oxygen atoms in total. The van der Waals surface area contributed by atoms with Gasteiger partial charge in [-0.15, -0.1) is 0 Å². The van der Waals surface area contributed by atoms with Gasteiger partial charge >= 0.3 is 0 Å². The lowest BCUT2D eigenvalue weighted by atomic mass is 9.85. The zero-order valence-corrected chi connectivity index (χ0v) is 15.8. The molecule has 1 heterocycles. The minimum atomic E-state index is -0.242. The third-order valence-electron chi connectivity index (χ3n) is 5.23. The summed E-state index contributed by atoms with van der Waals surface area (Å²) in [4.78, 5) is 38.4. The molecular formula is C21H26N2O4. The van der Waals surface area contributed by atoms with Gasteiger partial charge in [0.15, 0.2) is 0 Å². The molecule has 3 amide bonds. The second kappa shape index (κ2) is 8.37. The molecule has 1 aromatic carbocycles. The van der Waals surface area contributed by atoms with E-state index in [1.165, 1.54) is 4.90 Å². The topological polar surface area (TPSA) is 75.7 Å². The monoisotopic (exact) mass is 370 g/mol. The first-order valence-corrected chi connectivity index (χ1v) is 9.53. The third kappa shape index (κ3) is 4.21. The minimum absolute atomic E-state index is 0.117. The number of fused-ring (bicyclic) bond motifs is 1. The van der Waals surface area contributed by atoms with E-state index in [-0.39, 0.29) is 48.6 Å². The summed E-state index contributed by atoms with van der Waals surface area (Å²) < 4.78 is 5.42. The lowest BCUT2D eigenvalue weighted by Crippen LogP contribution is -2.36. The van der Waals surface area contributed by atoms with Crippen molar-refractivity contribution in [2.24, 2.45) is 11.8 Å². The van der Waals surface area contributed by atoms with Crippen molar-refractivity contribution in [1.82, 2.24) is 10.2 Å². The van der Waals surface area contributed by atoms with Crippen LogP contribution in [-0.4, -0.2) is 35.8 Å². The van der Waals surface area contributed by atoms with Gasteiger partial charge < -0.3 is 10.1 Å². The molecular weight excluding hydrogens is 344 g/mol. The van der Waals surface area contributed by atoms with Crippen molar-refractivity contribution in [2.45, 2.75) is 39.2 Å². The molecule has 0 bridgehead atoms. The number of ether oxygens (including phenoxy) is 1. The van der Waals surface area contributed by atoms with Gasteiger partial charge in [-0.25, -0.2) is 0 Å². The summed E-state index contributed by atoms with van der Waals surface area (Å²) in [6, 6.07) is 7.42. The molecule has 6 heteroatoms. The molecule has 144 valence electrons. The Hall–Kier alpha value is -2.63. The fourth-order valence-corrected chi connectivity index (χ4v) is 3.72. The molecule has 3 rings (SSSR count). The molecule has 1 N–H and O–H groups in total. The molecule has 0 aromatic heterocycles. The van der Waals surface area contributed by atoms with Gasteiger partial charge in [0.1, 0.15) is 5.75 Å². The van der Waals surface area contributed by atoms with E-state index in [4.69, 9.17) is 4.74 Å². The van der Waals surface area contributed by atoms with E-state index in [9.17, 15) is 14.4 Å². The number of allylic oxidation sites excluding steroid dienone is 2. The fourth-order valence-electron chi connectivity index (χ4n) is 3.72. The number of imide groups is 1. The van der Waals surface area contributed by atoms with E-state index in [0.717, 1.165) is 11.3 Å². The highest BCUT2D eigenvalue weighted by Crippen LogP contribution is 2.35. The van der Waals surface area contributed by atoms with Crippen LogP contribution < -0.4 is 10.1 Å². The number of nitrogens with zero attached hydrogens (tertiary/aromatic N) is 1. The van der Waals surface area contributed by atoms with E-state index in [2.05, 4.69) is 5.32 Å². The van der Waals surface area contributed by atoms with Crippen LogP contribution in [0.5, 0.6) is 5.75 Å². The molecule has 0 spiro atoms. The Balaban J connectivity index is 1.50. The van der Waals surface area contributed by atoms with Crippen LogP contribution in [-0.2, 0) is 14.4 Å². The number of nitrogens with one attached hydrogen (secondary N) is 1. The molecule has 1 aliphatic carbocycles. The fraction of sp³-hybridized carbons (Fsp3) is 0.476. The average Bonchev–Trinajstić information content (AvgIpc) is 2.92. The summed E-state index contributed by atoms with van der Waals surface area (Å²) in [7, 11) is 0. The van der Waals surface area contributed by atoms with Crippen LogP contribution in [0.25, 0.3) is 0 Å². The Labute approximate surface area is 159 Å². The van der Waals surface area contributed by atoms with Gasteiger partial charge in [-0.3, -0.25) is 19.3 Å². The molecule has 0 unspecified atom stereocenters. The number of rotatable bonds is 7. The standard InChI is InChI=1S/C21H26N2O4/c1-3-27-16-10-8-15(9-11-16)14(2)22-19(24)12-13-23-20(25)17-6-4-5-7-18(17)21(23)26/h4-5,8-11,14,17-18H,3,6-7,12-13H2,1-2H3,(H,22,24)/t14-,17-,18+/m0/s1. The maximum atomic E-state index is 12.4. The first-order chi connectivity index (χ1) is 13.0. The van der Waals surface area contributed by atoms with Crippen LogP contribution in [0.2, 0.25) is 0 Å². The molecule has 1 saturated heterocycles. The smallest absolute Gasteiger partial charge is 0.233 e. The number of likely N-dealkylation sites (tertiary alicyclic amines) is 1. The van der Waals surface area contributed by atoms with E-state index in [0.29, 0.717) is 19.4 Å². The molecule has 0 saturated carbocycles. The highest BCUT2D eigenvalue weighted by molar-refractivity contribution is 6.05. The van der Waals surface area contributed by atoms with Crippen molar-refractivity contribution in [3.05, 3.63) is 42.0 Å². The van der Waals surface area contributed by atoms with E-state index in [1.54, 1.807) is 0 Å². The highest BCUT2D eigenvalue weighted by atomic mass is 16.5. The van der Waals surface area contributed by atoms with Crippen molar-refractivity contribution < 1.29 is 19.1 Å². The van der Waals surface area contributed by atoms with E-state index in [1.807, 2.05) is 50.3 Å². The predicted molar refractivity (Wildman–Crippen MR) is 101 cm³/mol. The second-order valence-corrected chi connectivity index (χ2v) is 7.03. The van der Waals surface area contributed by atoms with Gasteiger partial charge in [0, 0.05) is 13.0 Å². The molecule has 1 aromatic rings. The van der Waals surface area contributed by atoms with Gasteiger partial charge in [-0.2, -0.15) is 0 Å². The highest BCUT2D eigenvalue weighted by Gasteiger charge is 2.46. The summed E-state index contributed by atoms with van der Waals surface area (Å²) in [5.41, 5.74) is 0.970. The maximum Gasteiger partial charge on any atom is 0.233 e. The van der Waals surface area contributed by atoms with Crippen LogP contribution in [0.1, 0.15) is 44.7 Å². The summed E-state index contributed by atoms with van der Waals surface area (Å²) in [6.07, 6.45) is 5.27. The first-order valence-electron chi connectivity index (χ1n) is 9.53. The van der Waals surface area contributed by atoms with E-state index >= 15 is 0 Å². The maximum absolute atomic E-state index is 12.4. The normalized spacial score (nSPS) is 22.5. The zero-order chi connectivity index (χ0) is 19.4. The van der Waals surface area contributed by atoms with Crippen LogP contribution in [0, 0.1) is 11.8 Å². The zero-order valence-electron chi connectivity index (χ0n) is 15.8. The van der Waals surface area contributed by atoms with Crippen LogP contribution in [0.3, 0.4) is 0 Å². The third-order valence-corrected chi connectivity index (χ3v) is 5.23. The quantitative estimate of drug-likeness (QED) is 0.591. The molecule has 1 aliphatic heterocycles. The number of carbonyl (C=O) groups excluding carboxylic acids is 3. The number of hydrogen-bond acceptors (Lipinski definition) is 4. The Kier molecular flexibility index (Phi) is 5.94. The van der Waals surface area contributed by atoms with Crippen molar-refractivity contribution in [3.8, 4) is 5.75 Å². The SMILES string of the molecule is CCOc1ccc([C@H](C)NC(=O)CCN2C(=O)[C@H]3CC=CC[C@H]3C2=O)cc1. The summed E-state index contributed by atoms with van der Waals surface area (Å²) in [6.45, 7) is 4.59. The van der Waals surface area contributed by atoms with Gasteiger partial charge in [0.2, 0.25) is 17.7 Å². The number of carbonyl (C=O) groups is 3. The summed E-state index contributed by atoms with van der Waals surface area (Å²) in [5.74, 6) is -0.142. The lowest BCUT2D eigenvalue weighted by Gasteiger charge is -2.17. The molecule has 2 aliphatic rings. The van der Waals surface area contributed by atoms with Crippen molar-refractivity contribution in [2.75, 3.05) is 13.2 Å². The van der Waals surface area contributed by atoms with Crippen molar-refractivity contribution >= 4 is 17.7 Å². The van der Waals surface area contributed by atoms with Gasteiger partial charge in [0.25, 0.3) is 0 Å².